The Morgan fingerprint density at radius 1 is 0.412 bits per heavy atom. The Kier molecular flexibility index (Phi) is 6.36. The highest BCUT2D eigenvalue weighted by molar-refractivity contribution is 5.79. The van der Waals surface area contributed by atoms with E-state index in [0.29, 0.717) is 0 Å². The molecule has 5 aromatic rings. The van der Waals surface area contributed by atoms with Gasteiger partial charge in [-0.05, 0) is 65.6 Å². The first-order valence-corrected chi connectivity index (χ1v) is 11.6. The van der Waals surface area contributed by atoms with Crippen LogP contribution in [0.5, 0.6) is 0 Å². The highest BCUT2D eigenvalue weighted by Gasteiger charge is 2.12. The average Bonchev–Trinajstić information content (AvgIpc) is 2.91. The summed E-state index contributed by atoms with van der Waals surface area (Å²) in [6.07, 6.45) is 4.32. The summed E-state index contributed by atoms with van der Waals surface area (Å²) >= 11 is 0. The zero-order valence-corrected chi connectivity index (χ0v) is 19.3. The molecule has 0 saturated carbocycles. The van der Waals surface area contributed by atoms with Gasteiger partial charge in [-0.25, -0.2) is 0 Å². The minimum atomic E-state index is 1.13. The first-order valence-electron chi connectivity index (χ1n) is 11.6. The van der Waals surface area contributed by atoms with Crippen molar-refractivity contribution in [1.82, 2.24) is 0 Å². The molecule has 5 aromatic carbocycles. The van der Waals surface area contributed by atoms with Gasteiger partial charge < -0.3 is 4.90 Å². The Hall–Kier alpha value is -4.36. The average molecular weight is 438 g/mol. The maximum absolute atomic E-state index is 2.29. The van der Waals surface area contributed by atoms with Crippen molar-refractivity contribution >= 4 is 29.2 Å². The predicted molar refractivity (Wildman–Crippen MR) is 147 cm³/mol. The number of rotatable bonds is 6. The molecule has 0 radical (unpaired) electrons. The first kappa shape index (κ1) is 21.5. The summed E-state index contributed by atoms with van der Waals surface area (Å²) in [4.78, 5) is 2.29. The number of nitrogens with zero attached hydrogens (tertiary/aromatic N) is 1. The lowest BCUT2D eigenvalue weighted by Gasteiger charge is -2.25. The molecule has 0 unspecified atom stereocenters. The smallest absolute Gasteiger partial charge is 0.0462 e. The number of aryl methyl sites for hydroxylation is 1. The zero-order chi connectivity index (χ0) is 23.2. The monoisotopic (exact) mass is 437 g/mol. The van der Waals surface area contributed by atoms with Gasteiger partial charge in [0.2, 0.25) is 0 Å². The molecule has 164 valence electrons. The topological polar surface area (TPSA) is 3.24 Å². The van der Waals surface area contributed by atoms with E-state index in [1.165, 1.54) is 27.8 Å². The standard InChI is InChI=1S/C33H27N/c1-26-12-14-27(15-13-26)16-17-28-18-22-32(23-19-28)34(31-10-6-3-7-11-31)33-24-20-30(21-25-33)29-8-4-2-5-9-29/h2-25H,1H3/b17-16+. The van der Waals surface area contributed by atoms with Crippen molar-refractivity contribution in [3.63, 3.8) is 0 Å². The zero-order valence-electron chi connectivity index (χ0n) is 19.3. The van der Waals surface area contributed by atoms with Crippen LogP contribution in [-0.2, 0) is 0 Å². The molecule has 5 rings (SSSR count). The van der Waals surface area contributed by atoms with Gasteiger partial charge in [0, 0.05) is 17.1 Å². The summed E-state index contributed by atoms with van der Waals surface area (Å²) in [5.41, 5.74) is 9.51. The van der Waals surface area contributed by atoms with Crippen molar-refractivity contribution in [1.29, 1.82) is 0 Å². The Bertz CT molecular complexity index is 1350. The van der Waals surface area contributed by atoms with E-state index in [9.17, 15) is 0 Å². The number of hydrogen-bond donors (Lipinski definition) is 0. The van der Waals surface area contributed by atoms with Crippen LogP contribution in [0.2, 0.25) is 0 Å². The van der Waals surface area contributed by atoms with Gasteiger partial charge in [0.05, 0.1) is 0 Å². The molecule has 0 N–H and O–H groups in total. The number of anilines is 3. The van der Waals surface area contributed by atoms with Crippen molar-refractivity contribution in [2.75, 3.05) is 4.90 Å². The van der Waals surface area contributed by atoms with Crippen molar-refractivity contribution in [2.45, 2.75) is 6.92 Å². The molecule has 1 nitrogen and oxygen atoms in total. The van der Waals surface area contributed by atoms with E-state index in [2.05, 4.69) is 157 Å². The third kappa shape index (κ3) is 5.00. The van der Waals surface area contributed by atoms with Crippen LogP contribution in [0.3, 0.4) is 0 Å². The van der Waals surface area contributed by atoms with E-state index >= 15 is 0 Å². The molecule has 0 saturated heterocycles. The first-order chi connectivity index (χ1) is 16.8. The van der Waals surface area contributed by atoms with Gasteiger partial charge in [0.1, 0.15) is 0 Å². The Morgan fingerprint density at radius 3 is 1.38 bits per heavy atom. The Balaban J connectivity index is 1.44. The van der Waals surface area contributed by atoms with E-state index < -0.39 is 0 Å². The molecular formula is C33H27N. The van der Waals surface area contributed by atoms with Gasteiger partial charge in [0.15, 0.2) is 0 Å². The summed E-state index contributed by atoms with van der Waals surface area (Å²) in [6.45, 7) is 2.11. The van der Waals surface area contributed by atoms with E-state index in [1.54, 1.807) is 0 Å². The lowest BCUT2D eigenvalue weighted by molar-refractivity contribution is 1.28. The van der Waals surface area contributed by atoms with Crippen LogP contribution < -0.4 is 4.90 Å². The van der Waals surface area contributed by atoms with Crippen molar-refractivity contribution < 1.29 is 0 Å². The Labute approximate surface area is 202 Å². The number of para-hydroxylation sites is 1. The van der Waals surface area contributed by atoms with E-state index in [4.69, 9.17) is 0 Å². The molecule has 0 fully saturated rings. The maximum Gasteiger partial charge on any atom is 0.0462 e. The van der Waals surface area contributed by atoms with Crippen LogP contribution in [0.25, 0.3) is 23.3 Å². The van der Waals surface area contributed by atoms with Crippen molar-refractivity contribution in [2.24, 2.45) is 0 Å². The second-order valence-corrected chi connectivity index (χ2v) is 8.42. The highest BCUT2D eigenvalue weighted by Crippen LogP contribution is 2.35. The van der Waals surface area contributed by atoms with Gasteiger partial charge in [-0.2, -0.15) is 0 Å². The molecule has 0 aliphatic carbocycles. The van der Waals surface area contributed by atoms with Gasteiger partial charge in [-0.15, -0.1) is 0 Å². The molecule has 1 heteroatoms. The molecule has 0 aliphatic rings. The maximum atomic E-state index is 2.29. The number of hydrogen-bond acceptors (Lipinski definition) is 1. The van der Waals surface area contributed by atoms with Crippen LogP contribution >= 0.6 is 0 Å². The van der Waals surface area contributed by atoms with Crippen LogP contribution in [0.4, 0.5) is 17.1 Å². The summed E-state index contributed by atoms with van der Waals surface area (Å²) < 4.78 is 0. The molecular weight excluding hydrogens is 410 g/mol. The fourth-order valence-corrected chi connectivity index (χ4v) is 4.06. The van der Waals surface area contributed by atoms with Crippen LogP contribution in [-0.4, -0.2) is 0 Å². The lowest BCUT2D eigenvalue weighted by Crippen LogP contribution is -2.09. The molecule has 34 heavy (non-hydrogen) atoms. The molecule has 0 aromatic heterocycles. The van der Waals surface area contributed by atoms with E-state index in [0.717, 1.165) is 17.1 Å². The summed E-state index contributed by atoms with van der Waals surface area (Å²) in [5.74, 6) is 0. The van der Waals surface area contributed by atoms with Gasteiger partial charge >= 0.3 is 0 Å². The van der Waals surface area contributed by atoms with Gasteiger partial charge in [-0.1, -0.05) is 115 Å². The fourth-order valence-electron chi connectivity index (χ4n) is 4.06. The minimum absolute atomic E-state index is 1.13. The minimum Gasteiger partial charge on any atom is -0.311 e. The van der Waals surface area contributed by atoms with Crippen molar-refractivity contribution in [3.05, 3.63) is 150 Å². The Morgan fingerprint density at radius 2 is 0.824 bits per heavy atom. The third-order valence-corrected chi connectivity index (χ3v) is 5.94. The highest BCUT2D eigenvalue weighted by atomic mass is 15.1. The fraction of sp³-hybridized carbons (Fsp3) is 0.0303. The molecule has 0 bridgehead atoms. The summed E-state index contributed by atoms with van der Waals surface area (Å²) in [7, 11) is 0. The predicted octanol–water partition coefficient (Wildman–Crippen LogP) is 9.30. The van der Waals surface area contributed by atoms with E-state index in [-0.39, 0.29) is 0 Å². The second-order valence-electron chi connectivity index (χ2n) is 8.42. The SMILES string of the molecule is Cc1ccc(/C=C/c2ccc(N(c3ccccc3)c3ccc(-c4ccccc4)cc3)cc2)cc1. The largest absolute Gasteiger partial charge is 0.311 e. The normalized spacial score (nSPS) is 11.0. The van der Waals surface area contributed by atoms with E-state index in [1.807, 2.05) is 0 Å². The lowest BCUT2D eigenvalue weighted by atomic mass is 10.0. The molecule has 0 heterocycles. The van der Waals surface area contributed by atoms with Gasteiger partial charge in [-0.3, -0.25) is 0 Å². The quantitative estimate of drug-likeness (QED) is 0.239. The molecule has 0 aliphatic heterocycles. The third-order valence-electron chi connectivity index (χ3n) is 5.94. The number of benzene rings is 5. The second kappa shape index (κ2) is 10.1. The van der Waals surface area contributed by atoms with Crippen LogP contribution in [0.15, 0.2) is 133 Å². The summed E-state index contributed by atoms with van der Waals surface area (Å²) in [6, 6.07) is 47.1. The van der Waals surface area contributed by atoms with Crippen molar-refractivity contribution in [3.8, 4) is 11.1 Å². The molecule has 0 spiro atoms. The van der Waals surface area contributed by atoms with Crippen LogP contribution in [0, 0.1) is 6.92 Å². The molecule has 0 amide bonds. The van der Waals surface area contributed by atoms with Crippen LogP contribution in [0.1, 0.15) is 16.7 Å². The molecule has 0 atom stereocenters. The van der Waals surface area contributed by atoms with Gasteiger partial charge in [0.25, 0.3) is 0 Å². The summed E-state index contributed by atoms with van der Waals surface area (Å²) in [5, 5.41) is 0.